The summed E-state index contributed by atoms with van der Waals surface area (Å²) in [7, 11) is 1.37. The van der Waals surface area contributed by atoms with Crippen LogP contribution in [0.2, 0.25) is 0 Å². The topological polar surface area (TPSA) is 85.7 Å². The summed E-state index contributed by atoms with van der Waals surface area (Å²) in [6, 6.07) is 6.04. The first kappa shape index (κ1) is 24.3. The van der Waals surface area contributed by atoms with Crippen molar-refractivity contribution in [1.29, 1.82) is 0 Å². The van der Waals surface area contributed by atoms with Gasteiger partial charge in [0.15, 0.2) is 23.0 Å². The Bertz CT molecular complexity index is 944. The summed E-state index contributed by atoms with van der Waals surface area (Å²) in [5.74, 6) is -2.25. The number of halogens is 1. The van der Waals surface area contributed by atoms with Gasteiger partial charge in [0, 0.05) is 24.6 Å². The van der Waals surface area contributed by atoms with Gasteiger partial charge in [0.25, 0.3) is 0 Å². The summed E-state index contributed by atoms with van der Waals surface area (Å²) in [6.45, 7) is 9.26. The highest BCUT2D eigenvalue weighted by atomic mass is 19.1. The number of rotatable bonds is 9. The van der Waals surface area contributed by atoms with Crippen molar-refractivity contribution in [2.45, 2.75) is 53.1 Å². The molecule has 0 unspecified atom stereocenters. The summed E-state index contributed by atoms with van der Waals surface area (Å²) < 4.78 is 24.2. The van der Waals surface area contributed by atoms with Gasteiger partial charge in [-0.2, -0.15) is 0 Å². The lowest BCUT2D eigenvalue weighted by Crippen LogP contribution is -2.30. The molecule has 0 fully saturated rings. The number of carbonyl (C=O) groups excluding carboxylic acids is 2. The smallest absolute Gasteiger partial charge is 0.309 e. The molecule has 2 rings (SSSR count). The zero-order chi connectivity index (χ0) is 23.3. The molecule has 1 aromatic heterocycles. The first-order valence-electron chi connectivity index (χ1n) is 10.3. The van der Waals surface area contributed by atoms with E-state index in [1.54, 1.807) is 19.9 Å². The predicted octanol–water partition coefficient (Wildman–Crippen LogP) is 4.82. The molecule has 6 nitrogen and oxygen atoms in total. The van der Waals surface area contributed by atoms with Crippen LogP contribution in [-0.2, 0) is 9.53 Å². The van der Waals surface area contributed by atoms with Crippen molar-refractivity contribution in [1.82, 2.24) is 4.98 Å². The molecule has 7 heteroatoms. The zero-order valence-electron chi connectivity index (χ0n) is 18.8. The second-order valence-electron chi connectivity index (χ2n) is 8.15. The second kappa shape index (κ2) is 10.4. The standard InChI is InChI=1S/C24H30FNO5/c1-13(2)21(18-8-7-17(25)11-14(18)3)16(5)31-24(29)15(4)12-19(27)22-23(28)20(30-6)9-10-26-22/h7-11,13,15-16,21,28H,12H2,1-6H3/t15-,16+,21-/m1/s1. The number of pyridine rings is 1. The monoisotopic (exact) mass is 431 g/mol. The van der Waals surface area contributed by atoms with Gasteiger partial charge in [-0.3, -0.25) is 9.59 Å². The first-order chi connectivity index (χ1) is 14.6. The van der Waals surface area contributed by atoms with Gasteiger partial charge in [-0.15, -0.1) is 0 Å². The molecule has 168 valence electrons. The van der Waals surface area contributed by atoms with E-state index in [0.29, 0.717) is 0 Å². The molecular formula is C24H30FNO5. The van der Waals surface area contributed by atoms with Crippen molar-refractivity contribution >= 4 is 11.8 Å². The van der Waals surface area contributed by atoms with Gasteiger partial charge in [0.1, 0.15) is 11.9 Å². The van der Waals surface area contributed by atoms with E-state index in [2.05, 4.69) is 4.98 Å². The molecule has 0 aliphatic carbocycles. The normalized spacial score (nSPS) is 14.1. The van der Waals surface area contributed by atoms with Crippen LogP contribution in [0.4, 0.5) is 4.39 Å². The van der Waals surface area contributed by atoms with Crippen LogP contribution < -0.4 is 4.74 Å². The van der Waals surface area contributed by atoms with Crippen molar-refractivity contribution in [2.75, 3.05) is 7.11 Å². The number of methoxy groups -OCH3 is 1. The van der Waals surface area contributed by atoms with Crippen molar-refractivity contribution in [3.05, 3.63) is 53.1 Å². The molecule has 0 radical (unpaired) electrons. The lowest BCUT2D eigenvalue weighted by Gasteiger charge is -2.30. The number of ether oxygens (including phenoxy) is 2. The third kappa shape index (κ3) is 5.81. The number of aryl methyl sites for hydroxylation is 1. The summed E-state index contributed by atoms with van der Waals surface area (Å²) in [5, 5.41) is 10.1. The average Bonchev–Trinajstić information content (AvgIpc) is 2.69. The molecule has 2 aromatic rings. The fraction of sp³-hybridized carbons (Fsp3) is 0.458. The molecule has 3 atom stereocenters. The summed E-state index contributed by atoms with van der Waals surface area (Å²) in [4.78, 5) is 29.1. The number of aromatic nitrogens is 1. The van der Waals surface area contributed by atoms with Crippen LogP contribution in [0.3, 0.4) is 0 Å². The van der Waals surface area contributed by atoms with Crippen LogP contribution in [0.25, 0.3) is 0 Å². The first-order valence-corrected chi connectivity index (χ1v) is 10.3. The third-order valence-electron chi connectivity index (χ3n) is 5.38. The maximum atomic E-state index is 13.5. The Hall–Kier alpha value is -2.96. The Kier molecular flexibility index (Phi) is 8.14. The fourth-order valence-corrected chi connectivity index (χ4v) is 3.80. The number of carbonyl (C=O) groups is 2. The molecule has 1 aromatic carbocycles. The number of hydrogen-bond acceptors (Lipinski definition) is 6. The van der Waals surface area contributed by atoms with Crippen molar-refractivity contribution in [3.63, 3.8) is 0 Å². The SMILES string of the molecule is COc1ccnc(C(=O)C[C@@H](C)C(=O)O[C@@H](C)[C@H](c2ccc(F)cc2C)C(C)C)c1O. The van der Waals surface area contributed by atoms with Gasteiger partial charge >= 0.3 is 5.97 Å². The van der Waals surface area contributed by atoms with E-state index in [-0.39, 0.29) is 41.3 Å². The molecule has 0 bridgehead atoms. The second-order valence-corrected chi connectivity index (χ2v) is 8.15. The van der Waals surface area contributed by atoms with Gasteiger partial charge < -0.3 is 14.6 Å². The number of esters is 1. The number of ketones is 1. The zero-order valence-corrected chi connectivity index (χ0v) is 18.8. The third-order valence-corrected chi connectivity index (χ3v) is 5.38. The van der Waals surface area contributed by atoms with Crippen LogP contribution in [0, 0.1) is 24.6 Å². The van der Waals surface area contributed by atoms with E-state index in [4.69, 9.17) is 9.47 Å². The number of nitrogens with zero attached hydrogens (tertiary/aromatic N) is 1. The minimum atomic E-state index is -0.732. The van der Waals surface area contributed by atoms with Gasteiger partial charge in [-0.25, -0.2) is 9.37 Å². The Balaban J connectivity index is 2.11. The minimum absolute atomic E-state index is 0.128. The lowest BCUT2D eigenvalue weighted by molar-refractivity contribution is -0.154. The molecule has 31 heavy (non-hydrogen) atoms. The number of aromatic hydroxyl groups is 1. The summed E-state index contributed by atoms with van der Waals surface area (Å²) in [6.07, 6.45) is 0.716. The number of Topliss-reactive ketones (excluding diaryl/α,β-unsaturated/α-hetero) is 1. The molecule has 0 saturated carbocycles. The molecule has 0 aliphatic rings. The maximum Gasteiger partial charge on any atom is 0.309 e. The van der Waals surface area contributed by atoms with Crippen molar-refractivity contribution in [3.8, 4) is 11.5 Å². The fourth-order valence-electron chi connectivity index (χ4n) is 3.80. The molecule has 0 aliphatic heterocycles. The van der Waals surface area contributed by atoms with E-state index in [9.17, 15) is 19.1 Å². The average molecular weight is 432 g/mol. The molecule has 1 heterocycles. The lowest BCUT2D eigenvalue weighted by atomic mass is 9.82. The molecule has 0 spiro atoms. The Morgan fingerprint density at radius 1 is 1.16 bits per heavy atom. The molecule has 0 saturated heterocycles. The Morgan fingerprint density at radius 3 is 2.42 bits per heavy atom. The number of benzene rings is 1. The van der Waals surface area contributed by atoms with Gasteiger partial charge in [-0.1, -0.05) is 26.8 Å². The van der Waals surface area contributed by atoms with Crippen LogP contribution >= 0.6 is 0 Å². The maximum absolute atomic E-state index is 13.5. The minimum Gasteiger partial charge on any atom is -0.503 e. The Morgan fingerprint density at radius 2 is 1.84 bits per heavy atom. The molecular weight excluding hydrogens is 401 g/mol. The van der Waals surface area contributed by atoms with E-state index >= 15 is 0 Å². The highest BCUT2D eigenvalue weighted by molar-refractivity contribution is 5.99. The van der Waals surface area contributed by atoms with Crippen LogP contribution in [0.5, 0.6) is 11.5 Å². The van der Waals surface area contributed by atoms with Gasteiger partial charge in [0.05, 0.1) is 13.0 Å². The van der Waals surface area contributed by atoms with Crippen LogP contribution in [0.1, 0.15) is 61.6 Å². The van der Waals surface area contributed by atoms with Gasteiger partial charge in [0.2, 0.25) is 0 Å². The quantitative estimate of drug-likeness (QED) is 0.452. The van der Waals surface area contributed by atoms with Crippen molar-refractivity contribution in [2.24, 2.45) is 11.8 Å². The summed E-state index contributed by atoms with van der Waals surface area (Å²) in [5.41, 5.74) is 1.57. The highest BCUT2D eigenvalue weighted by Gasteiger charge is 2.30. The molecule has 1 N–H and O–H groups in total. The van der Waals surface area contributed by atoms with Crippen LogP contribution in [0.15, 0.2) is 30.5 Å². The van der Waals surface area contributed by atoms with Crippen LogP contribution in [-0.4, -0.2) is 35.1 Å². The molecule has 0 amide bonds. The van der Waals surface area contributed by atoms with E-state index in [1.165, 1.54) is 31.5 Å². The number of hydrogen-bond donors (Lipinski definition) is 1. The largest absolute Gasteiger partial charge is 0.503 e. The summed E-state index contributed by atoms with van der Waals surface area (Å²) >= 11 is 0. The van der Waals surface area contributed by atoms with E-state index in [0.717, 1.165) is 11.1 Å². The predicted molar refractivity (Wildman–Crippen MR) is 115 cm³/mol. The van der Waals surface area contributed by atoms with E-state index in [1.807, 2.05) is 20.8 Å². The highest BCUT2D eigenvalue weighted by Crippen LogP contribution is 2.33. The van der Waals surface area contributed by atoms with E-state index < -0.39 is 23.8 Å². The Labute approximate surface area is 182 Å². The van der Waals surface area contributed by atoms with Crippen molar-refractivity contribution < 1.29 is 28.6 Å². The van der Waals surface area contributed by atoms with Gasteiger partial charge in [-0.05, 0) is 43.0 Å².